The highest BCUT2D eigenvalue weighted by Crippen LogP contribution is 2.19. The molecule has 0 aliphatic heterocycles. The van der Waals surface area contributed by atoms with Gasteiger partial charge in [-0.25, -0.2) is 0 Å². The Kier molecular flexibility index (Phi) is 6.95. The van der Waals surface area contributed by atoms with Gasteiger partial charge in [0.25, 0.3) is 0 Å². The molecule has 0 bridgehead atoms. The molecule has 1 aromatic rings. The van der Waals surface area contributed by atoms with E-state index in [1.807, 2.05) is 0 Å². The standard InChI is InChI=1S/C16H26BrN/c1-12(2)10-18-11-14(4)13(3)8-15-6-5-7-16(17)9-15/h5-7,9,12-14,18H,8,10-11H2,1-4H3. The number of rotatable bonds is 7. The Morgan fingerprint density at radius 2 is 1.78 bits per heavy atom. The highest BCUT2D eigenvalue weighted by molar-refractivity contribution is 9.10. The number of nitrogens with one attached hydrogen (secondary N) is 1. The zero-order chi connectivity index (χ0) is 13.5. The van der Waals surface area contributed by atoms with Gasteiger partial charge >= 0.3 is 0 Å². The van der Waals surface area contributed by atoms with E-state index in [1.165, 1.54) is 10.0 Å². The molecule has 2 unspecified atom stereocenters. The van der Waals surface area contributed by atoms with Crippen molar-refractivity contribution < 1.29 is 0 Å². The van der Waals surface area contributed by atoms with Gasteiger partial charge in [-0.15, -0.1) is 0 Å². The lowest BCUT2D eigenvalue weighted by Gasteiger charge is -2.21. The second-order valence-corrected chi connectivity index (χ2v) is 6.76. The second kappa shape index (κ2) is 7.96. The summed E-state index contributed by atoms with van der Waals surface area (Å²) in [6, 6.07) is 8.65. The van der Waals surface area contributed by atoms with Gasteiger partial charge in [0.2, 0.25) is 0 Å². The summed E-state index contributed by atoms with van der Waals surface area (Å²) in [6.45, 7) is 11.4. The maximum Gasteiger partial charge on any atom is 0.0177 e. The number of halogens is 1. The van der Waals surface area contributed by atoms with Gasteiger partial charge in [0.05, 0.1) is 0 Å². The van der Waals surface area contributed by atoms with Crippen LogP contribution in [0.3, 0.4) is 0 Å². The molecule has 2 atom stereocenters. The Labute approximate surface area is 120 Å². The fraction of sp³-hybridized carbons (Fsp3) is 0.625. The maximum atomic E-state index is 3.55. The molecular formula is C16H26BrN. The summed E-state index contributed by atoms with van der Waals surface area (Å²) in [4.78, 5) is 0. The van der Waals surface area contributed by atoms with E-state index in [9.17, 15) is 0 Å². The van der Waals surface area contributed by atoms with Gasteiger partial charge in [0.15, 0.2) is 0 Å². The molecule has 0 spiro atoms. The summed E-state index contributed by atoms with van der Waals surface area (Å²) < 4.78 is 1.18. The lowest BCUT2D eigenvalue weighted by molar-refractivity contribution is 0.357. The largest absolute Gasteiger partial charge is 0.316 e. The molecule has 1 N–H and O–H groups in total. The van der Waals surface area contributed by atoms with Crippen molar-refractivity contribution in [1.82, 2.24) is 5.32 Å². The van der Waals surface area contributed by atoms with E-state index in [2.05, 4.69) is 73.2 Å². The van der Waals surface area contributed by atoms with Crippen molar-refractivity contribution in [3.05, 3.63) is 34.3 Å². The van der Waals surface area contributed by atoms with Crippen LogP contribution in [-0.2, 0) is 6.42 Å². The summed E-state index contributed by atoms with van der Waals surface area (Å²) in [5.74, 6) is 2.15. The minimum atomic E-state index is 0.707. The molecular weight excluding hydrogens is 286 g/mol. The zero-order valence-electron chi connectivity index (χ0n) is 12.0. The zero-order valence-corrected chi connectivity index (χ0v) is 13.6. The summed E-state index contributed by atoms with van der Waals surface area (Å²) >= 11 is 3.53. The van der Waals surface area contributed by atoms with Gasteiger partial charge in [-0.2, -0.15) is 0 Å². The Morgan fingerprint density at radius 3 is 2.39 bits per heavy atom. The minimum Gasteiger partial charge on any atom is -0.316 e. The molecule has 0 saturated carbocycles. The molecule has 0 heterocycles. The van der Waals surface area contributed by atoms with E-state index in [4.69, 9.17) is 0 Å². The van der Waals surface area contributed by atoms with Crippen molar-refractivity contribution in [3.63, 3.8) is 0 Å². The third-order valence-electron chi connectivity index (χ3n) is 3.44. The van der Waals surface area contributed by atoms with Crippen molar-refractivity contribution in [2.75, 3.05) is 13.1 Å². The van der Waals surface area contributed by atoms with Gasteiger partial charge in [-0.1, -0.05) is 55.8 Å². The highest BCUT2D eigenvalue weighted by atomic mass is 79.9. The number of hydrogen-bond donors (Lipinski definition) is 1. The van der Waals surface area contributed by atoms with E-state index in [0.717, 1.165) is 25.4 Å². The summed E-state index contributed by atoms with van der Waals surface area (Å²) in [5, 5.41) is 3.55. The van der Waals surface area contributed by atoms with E-state index in [0.29, 0.717) is 11.8 Å². The molecule has 18 heavy (non-hydrogen) atoms. The van der Waals surface area contributed by atoms with Gasteiger partial charge < -0.3 is 5.32 Å². The molecule has 0 saturated heterocycles. The predicted octanol–water partition coefficient (Wildman–Crippen LogP) is 4.51. The maximum absolute atomic E-state index is 3.55. The number of hydrogen-bond acceptors (Lipinski definition) is 1. The molecule has 1 rings (SSSR count). The normalized spacial score (nSPS) is 14.8. The van der Waals surface area contributed by atoms with Gasteiger partial charge in [-0.05, 0) is 55.0 Å². The van der Waals surface area contributed by atoms with Crippen LogP contribution in [0.1, 0.15) is 33.3 Å². The van der Waals surface area contributed by atoms with E-state index < -0.39 is 0 Å². The average molecular weight is 312 g/mol. The van der Waals surface area contributed by atoms with Crippen LogP contribution >= 0.6 is 15.9 Å². The first-order chi connectivity index (χ1) is 8.49. The molecule has 0 amide bonds. The van der Waals surface area contributed by atoms with Crippen molar-refractivity contribution in [3.8, 4) is 0 Å². The fourth-order valence-electron chi connectivity index (χ4n) is 2.04. The lowest BCUT2D eigenvalue weighted by Crippen LogP contribution is -2.28. The van der Waals surface area contributed by atoms with Crippen LogP contribution in [0, 0.1) is 17.8 Å². The van der Waals surface area contributed by atoms with Crippen LogP contribution in [-0.4, -0.2) is 13.1 Å². The first kappa shape index (κ1) is 15.7. The fourth-order valence-corrected chi connectivity index (χ4v) is 2.48. The van der Waals surface area contributed by atoms with Crippen LogP contribution in [0.2, 0.25) is 0 Å². The van der Waals surface area contributed by atoms with Crippen LogP contribution < -0.4 is 5.32 Å². The van der Waals surface area contributed by atoms with E-state index >= 15 is 0 Å². The van der Waals surface area contributed by atoms with Crippen LogP contribution in [0.5, 0.6) is 0 Å². The molecule has 2 heteroatoms. The third-order valence-corrected chi connectivity index (χ3v) is 3.93. The average Bonchev–Trinajstić information content (AvgIpc) is 2.28. The first-order valence-corrected chi connectivity index (χ1v) is 7.73. The van der Waals surface area contributed by atoms with Crippen LogP contribution in [0.15, 0.2) is 28.7 Å². The third kappa shape index (κ3) is 6.01. The summed E-state index contributed by atoms with van der Waals surface area (Å²) in [5.41, 5.74) is 1.42. The molecule has 0 fully saturated rings. The monoisotopic (exact) mass is 311 g/mol. The number of benzene rings is 1. The lowest BCUT2D eigenvalue weighted by atomic mass is 9.89. The van der Waals surface area contributed by atoms with Crippen LogP contribution in [0.25, 0.3) is 0 Å². The molecule has 1 nitrogen and oxygen atoms in total. The molecule has 0 aliphatic carbocycles. The molecule has 102 valence electrons. The minimum absolute atomic E-state index is 0.707. The molecule has 1 aromatic carbocycles. The Morgan fingerprint density at radius 1 is 1.06 bits per heavy atom. The van der Waals surface area contributed by atoms with Crippen molar-refractivity contribution in [1.29, 1.82) is 0 Å². The van der Waals surface area contributed by atoms with Gasteiger partial charge in [0.1, 0.15) is 0 Å². The van der Waals surface area contributed by atoms with Crippen molar-refractivity contribution in [2.45, 2.75) is 34.1 Å². The Bertz CT molecular complexity index is 349. The molecule has 0 aromatic heterocycles. The summed E-state index contributed by atoms with van der Waals surface area (Å²) in [6.07, 6.45) is 1.16. The molecule has 0 aliphatic rings. The van der Waals surface area contributed by atoms with Crippen molar-refractivity contribution in [2.24, 2.45) is 17.8 Å². The van der Waals surface area contributed by atoms with Gasteiger partial charge in [-0.3, -0.25) is 0 Å². The quantitative estimate of drug-likeness (QED) is 0.781. The van der Waals surface area contributed by atoms with Crippen molar-refractivity contribution >= 4 is 15.9 Å². The van der Waals surface area contributed by atoms with Gasteiger partial charge in [0, 0.05) is 4.47 Å². The SMILES string of the molecule is CC(C)CNCC(C)C(C)Cc1cccc(Br)c1. The van der Waals surface area contributed by atoms with E-state index in [1.54, 1.807) is 0 Å². The van der Waals surface area contributed by atoms with Crippen LogP contribution in [0.4, 0.5) is 0 Å². The Balaban J connectivity index is 2.37. The first-order valence-electron chi connectivity index (χ1n) is 6.94. The topological polar surface area (TPSA) is 12.0 Å². The molecule has 0 radical (unpaired) electrons. The predicted molar refractivity (Wildman–Crippen MR) is 83.9 cm³/mol. The Hall–Kier alpha value is -0.340. The summed E-state index contributed by atoms with van der Waals surface area (Å²) in [7, 11) is 0. The highest BCUT2D eigenvalue weighted by Gasteiger charge is 2.12. The van der Waals surface area contributed by atoms with E-state index in [-0.39, 0.29) is 0 Å². The smallest absolute Gasteiger partial charge is 0.0177 e. The second-order valence-electron chi connectivity index (χ2n) is 5.84.